The predicted octanol–water partition coefficient (Wildman–Crippen LogP) is 1.23. The number of alkyl halides is 1. The summed E-state index contributed by atoms with van der Waals surface area (Å²) in [4.78, 5) is 10.8. The Labute approximate surface area is 68.1 Å². The van der Waals surface area contributed by atoms with Crippen molar-refractivity contribution in [3.63, 3.8) is 0 Å². The van der Waals surface area contributed by atoms with E-state index in [4.69, 9.17) is 5.26 Å². The van der Waals surface area contributed by atoms with Crippen LogP contribution in [0.25, 0.3) is 0 Å². The van der Waals surface area contributed by atoms with Crippen molar-refractivity contribution >= 4 is 21.9 Å². The first-order chi connectivity index (χ1) is 4.54. The van der Waals surface area contributed by atoms with Crippen LogP contribution in [-0.2, 0) is 9.53 Å². The summed E-state index contributed by atoms with van der Waals surface area (Å²) in [5.74, 6) is -0.544. The Kier molecular flexibility index (Phi) is 3.37. The van der Waals surface area contributed by atoms with E-state index in [0.29, 0.717) is 6.61 Å². The van der Waals surface area contributed by atoms with Gasteiger partial charge in [-0.2, -0.15) is 5.26 Å². The monoisotopic (exact) mass is 205 g/mol. The molecular weight excluding hydrogens is 198 g/mol. The predicted molar refractivity (Wildman–Crippen MR) is 39.6 cm³/mol. The first-order valence-corrected chi connectivity index (χ1v) is 3.61. The number of rotatable bonds is 2. The molecule has 0 aromatic carbocycles. The topological polar surface area (TPSA) is 50.1 Å². The van der Waals surface area contributed by atoms with E-state index < -0.39 is 10.3 Å². The van der Waals surface area contributed by atoms with E-state index in [1.165, 1.54) is 6.92 Å². The number of carbonyl (C=O) groups excluding carboxylic acids is 1. The Hall–Kier alpha value is -0.560. The molecule has 1 unspecified atom stereocenters. The highest BCUT2D eigenvalue weighted by Gasteiger charge is 2.31. The lowest BCUT2D eigenvalue weighted by atomic mass is 10.2. The van der Waals surface area contributed by atoms with Gasteiger partial charge in [0.15, 0.2) is 0 Å². The largest absolute Gasteiger partial charge is 0.464 e. The first kappa shape index (κ1) is 9.44. The highest BCUT2D eigenvalue weighted by molar-refractivity contribution is 9.10. The Bertz CT molecular complexity index is 171. The molecule has 0 aliphatic carbocycles. The van der Waals surface area contributed by atoms with Crippen molar-refractivity contribution in [2.75, 3.05) is 6.61 Å². The average molecular weight is 206 g/mol. The molecule has 4 heteroatoms. The normalized spacial score (nSPS) is 15.0. The van der Waals surface area contributed by atoms with Crippen LogP contribution in [0, 0.1) is 11.3 Å². The maximum atomic E-state index is 10.8. The SMILES string of the molecule is CCOC(=O)C(C)(Br)C#N. The second-order valence-electron chi connectivity index (χ2n) is 1.84. The molecule has 0 N–H and O–H groups in total. The number of halogens is 1. The summed E-state index contributed by atoms with van der Waals surface area (Å²) in [6, 6.07) is 1.77. The van der Waals surface area contributed by atoms with Crippen molar-refractivity contribution < 1.29 is 9.53 Å². The van der Waals surface area contributed by atoms with Crippen LogP contribution >= 0.6 is 15.9 Å². The number of nitriles is 1. The zero-order valence-electron chi connectivity index (χ0n) is 5.85. The minimum absolute atomic E-state index is 0.293. The standard InChI is InChI=1S/C6H8BrNO2/c1-3-10-5(9)6(2,7)4-8/h3H2,1-2H3. The van der Waals surface area contributed by atoms with Crippen molar-refractivity contribution in [1.82, 2.24) is 0 Å². The van der Waals surface area contributed by atoms with E-state index in [0.717, 1.165) is 0 Å². The fraction of sp³-hybridized carbons (Fsp3) is 0.667. The molecule has 0 spiro atoms. The van der Waals surface area contributed by atoms with Gasteiger partial charge in [0.2, 0.25) is 4.32 Å². The van der Waals surface area contributed by atoms with Gasteiger partial charge in [-0.15, -0.1) is 0 Å². The number of nitrogens with zero attached hydrogens (tertiary/aromatic N) is 1. The van der Waals surface area contributed by atoms with Gasteiger partial charge >= 0.3 is 5.97 Å². The molecule has 0 fully saturated rings. The fourth-order valence-corrected chi connectivity index (χ4v) is 0.427. The second kappa shape index (κ2) is 3.57. The molecule has 0 heterocycles. The van der Waals surface area contributed by atoms with Gasteiger partial charge in [0.05, 0.1) is 12.7 Å². The highest BCUT2D eigenvalue weighted by atomic mass is 79.9. The summed E-state index contributed by atoms with van der Waals surface area (Å²) in [6.07, 6.45) is 0. The number of hydrogen-bond acceptors (Lipinski definition) is 3. The van der Waals surface area contributed by atoms with Crippen molar-refractivity contribution in [3.05, 3.63) is 0 Å². The van der Waals surface area contributed by atoms with Gasteiger partial charge in [-0.3, -0.25) is 0 Å². The van der Waals surface area contributed by atoms with Crippen LogP contribution in [0.1, 0.15) is 13.8 Å². The third kappa shape index (κ3) is 2.36. The molecule has 0 saturated carbocycles. The van der Waals surface area contributed by atoms with Gasteiger partial charge in [-0.05, 0) is 13.8 Å². The van der Waals surface area contributed by atoms with Crippen LogP contribution in [0.3, 0.4) is 0 Å². The van der Waals surface area contributed by atoms with Crippen molar-refractivity contribution in [2.24, 2.45) is 0 Å². The molecule has 0 rings (SSSR count). The first-order valence-electron chi connectivity index (χ1n) is 2.82. The molecule has 0 radical (unpaired) electrons. The van der Waals surface area contributed by atoms with E-state index in [9.17, 15) is 4.79 Å². The zero-order valence-corrected chi connectivity index (χ0v) is 7.43. The van der Waals surface area contributed by atoms with Gasteiger partial charge in [-0.1, -0.05) is 15.9 Å². The lowest BCUT2D eigenvalue weighted by molar-refractivity contribution is -0.143. The van der Waals surface area contributed by atoms with Crippen molar-refractivity contribution in [2.45, 2.75) is 18.2 Å². The quantitative estimate of drug-likeness (QED) is 0.504. The van der Waals surface area contributed by atoms with Gasteiger partial charge in [0.1, 0.15) is 0 Å². The lowest BCUT2D eigenvalue weighted by Gasteiger charge is -2.09. The average Bonchev–Trinajstić information content (AvgIpc) is 1.89. The van der Waals surface area contributed by atoms with Crippen molar-refractivity contribution in [3.8, 4) is 6.07 Å². The molecule has 0 aliphatic heterocycles. The third-order valence-corrected chi connectivity index (χ3v) is 1.37. The molecule has 0 saturated heterocycles. The Morgan fingerprint density at radius 3 is 2.70 bits per heavy atom. The van der Waals surface area contributed by atoms with Crippen LogP contribution in [0.4, 0.5) is 0 Å². The molecule has 0 aromatic heterocycles. The van der Waals surface area contributed by atoms with Gasteiger partial charge in [0, 0.05) is 0 Å². The van der Waals surface area contributed by atoms with E-state index in [-0.39, 0.29) is 0 Å². The van der Waals surface area contributed by atoms with Crippen LogP contribution in [0.2, 0.25) is 0 Å². The van der Waals surface area contributed by atoms with Crippen LogP contribution < -0.4 is 0 Å². The van der Waals surface area contributed by atoms with E-state index in [1.54, 1.807) is 13.0 Å². The van der Waals surface area contributed by atoms with Gasteiger partial charge in [0.25, 0.3) is 0 Å². The van der Waals surface area contributed by atoms with Gasteiger partial charge in [-0.25, -0.2) is 4.79 Å². The number of carbonyl (C=O) groups is 1. The van der Waals surface area contributed by atoms with E-state index in [1.807, 2.05) is 0 Å². The molecule has 56 valence electrons. The minimum Gasteiger partial charge on any atom is -0.464 e. The summed E-state index contributed by atoms with van der Waals surface area (Å²) in [5, 5.41) is 8.39. The molecule has 3 nitrogen and oxygen atoms in total. The third-order valence-electron chi connectivity index (χ3n) is 0.869. The molecule has 0 amide bonds. The van der Waals surface area contributed by atoms with E-state index >= 15 is 0 Å². The molecular formula is C6H8BrNO2. The Morgan fingerprint density at radius 1 is 1.90 bits per heavy atom. The lowest BCUT2D eigenvalue weighted by Crippen LogP contribution is -2.28. The summed E-state index contributed by atoms with van der Waals surface area (Å²) in [7, 11) is 0. The molecule has 0 aromatic rings. The molecule has 10 heavy (non-hydrogen) atoms. The number of hydrogen-bond donors (Lipinski definition) is 0. The smallest absolute Gasteiger partial charge is 0.337 e. The summed E-state index contributed by atoms with van der Waals surface area (Å²) >= 11 is 2.91. The summed E-state index contributed by atoms with van der Waals surface area (Å²) in [5.41, 5.74) is 0. The Morgan fingerprint density at radius 2 is 2.40 bits per heavy atom. The number of esters is 1. The van der Waals surface area contributed by atoms with Crippen molar-refractivity contribution in [1.29, 1.82) is 5.26 Å². The maximum Gasteiger partial charge on any atom is 0.337 e. The summed E-state index contributed by atoms with van der Waals surface area (Å²) < 4.78 is 3.40. The van der Waals surface area contributed by atoms with E-state index in [2.05, 4.69) is 20.7 Å². The molecule has 1 atom stereocenters. The van der Waals surface area contributed by atoms with Crippen LogP contribution in [0.5, 0.6) is 0 Å². The molecule has 0 aliphatic rings. The highest BCUT2D eigenvalue weighted by Crippen LogP contribution is 2.17. The van der Waals surface area contributed by atoms with Crippen LogP contribution in [0.15, 0.2) is 0 Å². The minimum atomic E-state index is -1.19. The fourth-order valence-electron chi connectivity index (χ4n) is 0.312. The van der Waals surface area contributed by atoms with Gasteiger partial charge < -0.3 is 4.74 Å². The number of ether oxygens (including phenoxy) is 1. The second-order valence-corrected chi connectivity index (χ2v) is 3.42. The molecule has 0 bridgehead atoms. The summed E-state index contributed by atoms with van der Waals surface area (Å²) in [6.45, 7) is 3.44. The zero-order chi connectivity index (χ0) is 8.20. The Balaban J connectivity index is 4.09. The van der Waals surface area contributed by atoms with Crippen LogP contribution in [-0.4, -0.2) is 16.9 Å². The maximum absolute atomic E-state index is 10.8.